The van der Waals surface area contributed by atoms with Crippen LogP contribution >= 0.6 is 0 Å². The summed E-state index contributed by atoms with van der Waals surface area (Å²) in [6.07, 6.45) is 1.26. The highest BCUT2D eigenvalue weighted by Crippen LogP contribution is 2.32. The average molecular weight is 449 g/mol. The fourth-order valence-electron chi connectivity index (χ4n) is 3.65. The Balaban J connectivity index is 1.84. The summed E-state index contributed by atoms with van der Waals surface area (Å²) in [5.41, 5.74) is -0.863. The van der Waals surface area contributed by atoms with Gasteiger partial charge in [-0.2, -0.15) is 17.5 Å². The van der Waals surface area contributed by atoms with Crippen molar-refractivity contribution in [3.05, 3.63) is 42.5 Å². The van der Waals surface area contributed by atoms with Crippen LogP contribution in [0, 0.1) is 0 Å². The van der Waals surface area contributed by atoms with Crippen LogP contribution in [0.3, 0.4) is 0 Å². The van der Waals surface area contributed by atoms with E-state index >= 15 is 0 Å². The van der Waals surface area contributed by atoms with Gasteiger partial charge in [-0.1, -0.05) is 6.08 Å². The van der Waals surface area contributed by atoms with E-state index in [0.717, 1.165) is 56.6 Å². The molecule has 1 aliphatic carbocycles. The molecule has 170 valence electrons. The number of alkyl halides is 3. The van der Waals surface area contributed by atoms with E-state index in [9.17, 15) is 21.6 Å². The number of ether oxygens (including phenoxy) is 1. The van der Waals surface area contributed by atoms with Crippen molar-refractivity contribution in [1.29, 1.82) is 0 Å². The topological polar surface area (TPSA) is 49.9 Å². The van der Waals surface area contributed by atoms with E-state index in [2.05, 4.69) is 11.5 Å². The first-order chi connectivity index (χ1) is 14.1. The second-order valence-corrected chi connectivity index (χ2v) is 9.75. The molecule has 1 aliphatic rings. The van der Waals surface area contributed by atoms with Gasteiger partial charge in [-0.15, -0.1) is 6.58 Å². The maximum absolute atomic E-state index is 12.8. The van der Waals surface area contributed by atoms with Crippen LogP contribution in [0.25, 0.3) is 0 Å². The first-order valence-corrected chi connectivity index (χ1v) is 11.6. The van der Waals surface area contributed by atoms with Gasteiger partial charge in [-0.05, 0) is 63.4 Å². The lowest BCUT2D eigenvalue weighted by Crippen LogP contribution is -2.40. The smallest absolute Gasteiger partial charge is 0.378 e. The summed E-state index contributed by atoms with van der Waals surface area (Å²) in [5, 5.41) is 0. The van der Waals surface area contributed by atoms with Crippen molar-refractivity contribution in [3.63, 3.8) is 0 Å². The molecule has 0 atom stereocenters. The third-order valence-electron chi connectivity index (χ3n) is 5.50. The third-order valence-corrected chi connectivity index (χ3v) is 7.42. The molecule has 0 saturated heterocycles. The molecule has 0 aromatic heterocycles. The molecular formula is C21H31F3N2O3S. The first kappa shape index (κ1) is 24.8. The Hall–Kier alpha value is -1.42. The van der Waals surface area contributed by atoms with E-state index in [0.29, 0.717) is 19.4 Å². The Morgan fingerprint density at radius 1 is 1.13 bits per heavy atom. The van der Waals surface area contributed by atoms with Crippen molar-refractivity contribution in [3.8, 4) is 0 Å². The van der Waals surface area contributed by atoms with Crippen LogP contribution in [0.1, 0.15) is 37.7 Å². The predicted octanol–water partition coefficient (Wildman–Crippen LogP) is 4.16. The van der Waals surface area contributed by atoms with Gasteiger partial charge >= 0.3 is 6.18 Å². The second-order valence-electron chi connectivity index (χ2n) is 7.75. The van der Waals surface area contributed by atoms with Crippen molar-refractivity contribution in [1.82, 2.24) is 9.21 Å². The van der Waals surface area contributed by atoms with Crippen LogP contribution in [0.4, 0.5) is 13.2 Å². The summed E-state index contributed by atoms with van der Waals surface area (Å²) in [6, 6.07) is 3.46. The number of likely N-dealkylation sites (N-methyl/N-ethyl adjacent to an activating group) is 1. The molecule has 1 saturated carbocycles. The van der Waals surface area contributed by atoms with Gasteiger partial charge in [0.25, 0.3) is 0 Å². The SMILES string of the molecule is C=CCN(C)CCCOC1CCC(N(C)S(=O)(=O)c2ccc(C(F)(F)F)cc2)CC1. The normalized spacial score (nSPS) is 20.6. The summed E-state index contributed by atoms with van der Waals surface area (Å²) < 4.78 is 71.0. The van der Waals surface area contributed by atoms with E-state index < -0.39 is 21.8 Å². The van der Waals surface area contributed by atoms with Gasteiger partial charge < -0.3 is 9.64 Å². The Bertz CT molecular complexity index is 774. The molecular weight excluding hydrogens is 417 g/mol. The summed E-state index contributed by atoms with van der Waals surface area (Å²) in [7, 11) is -0.321. The first-order valence-electron chi connectivity index (χ1n) is 10.1. The number of nitrogens with zero attached hydrogens (tertiary/aromatic N) is 2. The zero-order chi connectivity index (χ0) is 22.4. The molecule has 0 unspecified atom stereocenters. The van der Waals surface area contributed by atoms with Gasteiger partial charge in [-0.25, -0.2) is 8.42 Å². The van der Waals surface area contributed by atoms with Gasteiger partial charge in [0.1, 0.15) is 0 Å². The Morgan fingerprint density at radius 3 is 2.27 bits per heavy atom. The molecule has 0 aliphatic heterocycles. The maximum atomic E-state index is 12.8. The molecule has 0 spiro atoms. The highest BCUT2D eigenvalue weighted by molar-refractivity contribution is 7.89. The molecule has 0 heterocycles. The fraction of sp³-hybridized carbons (Fsp3) is 0.619. The maximum Gasteiger partial charge on any atom is 0.416 e. The third kappa shape index (κ3) is 6.80. The van der Waals surface area contributed by atoms with Gasteiger partial charge in [0.2, 0.25) is 10.0 Å². The Kier molecular flexibility index (Phi) is 8.90. The second kappa shape index (κ2) is 10.7. The highest BCUT2D eigenvalue weighted by atomic mass is 32.2. The fourth-order valence-corrected chi connectivity index (χ4v) is 5.07. The van der Waals surface area contributed by atoms with Crippen molar-refractivity contribution < 1.29 is 26.3 Å². The summed E-state index contributed by atoms with van der Waals surface area (Å²) in [4.78, 5) is 2.04. The molecule has 1 aromatic rings. The molecule has 2 rings (SSSR count). The van der Waals surface area contributed by atoms with Crippen LogP contribution in [-0.2, 0) is 20.9 Å². The number of hydrogen-bond acceptors (Lipinski definition) is 4. The molecule has 1 fully saturated rings. The van der Waals surface area contributed by atoms with E-state index in [1.807, 2.05) is 13.1 Å². The summed E-state index contributed by atoms with van der Waals surface area (Å²) >= 11 is 0. The van der Waals surface area contributed by atoms with E-state index in [4.69, 9.17) is 4.74 Å². The van der Waals surface area contributed by atoms with Crippen molar-refractivity contribution in [2.45, 2.75) is 55.3 Å². The minimum Gasteiger partial charge on any atom is -0.378 e. The largest absolute Gasteiger partial charge is 0.416 e. The molecule has 0 radical (unpaired) electrons. The number of halogens is 3. The van der Waals surface area contributed by atoms with Gasteiger partial charge in [-0.3, -0.25) is 0 Å². The minimum atomic E-state index is -4.49. The van der Waals surface area contributed by atoms with Gasteiger partial charge in [0, 0.05) is 32.8 Å². The molecule has 5 nitrogen and oxygen atoms in total. The quantitative estimate of drug-likeness (QED) is 0.398. The Morgan fingerprint density at radius 2 is 1.73 bits per heavy atom. The van der Waals surface area contributed by atoms with E-state index in [-0.39, 0.29) is 17.0 Å². The molecule has 30 heavy (non-hydrogen) atoms. The lowest BCUT2D eigenvalue weighted by atomic mass is 9.93. The molecule has 0 bridgehead atoms. The molecule has 0 N–H and O–H groups in total. The van der Waals surface area contributed by atoms with Crippen LogP contribution in [0.2, 0.25) is 0 Å². The minimum absolute atomic E-state index is 0.119. The zero-order valence-corrected chi connectivity index (χ0v) is 18.4. The standard InChI is InChI=1S/C21H31F3N2O3S/c1-4-14-25(2)15-5-16-29-19-10-8-18(9-11-19)26(3)30(27,28)20-12-6-17(7-13-20)21(22,23)24/h4,6-7,12-13,18-19H,1,5,8-11,14-16H2,2-3H3. The number of sulfonamides is 1. The molecule has 1 aromatic carbocycles. The summed E-state index contributed by atoms with van der Waals surface area (Å²) in [5.74, 6) is 0. The van der Waals surface area contributed by atoms with Crippen molar-refractivity contribution in [2.75, 3.05) is 33.8 Å². The molecule has 9 heteroatoms. The van der Waals surface area contributed by atoms with Crippen LogP contribution < -0.4 is 0 Å². The Labute approximate surface area is 177 Å². The van der Waals surface area contributed by atoms with E-state index in [1.165, 1.54) is 11.4 Å². The summed E-state index contributed by atoms with van der Waals surface area (Å²) in [6.45, 7) is 6.14. The zero-order valence-electron chi connectivity index (χ0n) is 17.6. The molecule has 0 amide bonds. The van der Waals surface area contributed by atoms with Crippen molar-refractivity contribution in [2.24, 2.45) is 0 Å². The van der Waals surface area contributed by atoms with Crippen LogP contribution in [0.15, 0.2) is 41.8 Å². The van der Waals surface area contributed by atoms with Gasteiger partial charge in [0.05, 0.1) is 16.6 Å². The van der Waals surface area contributed by atoms with Crippen LogP contribution in [-0.4, -0.2) is 63.6 Å². The number of hydrogen-bond donors (Lipinski definition) is 0. The number of rotatable bonds is 10. The van der Waals surface area contributed by atoms with Crippen LogP contribution in [0.5, 0.6) is 0 Å². The van der Waals surface area contributed by atoms with E-state index in [1.54, 1.807) is 0 Å². The predicted molar refractivity (Wildman–Crippen MR) is 111 cm³/mol. The monoisotopic (exact) mass is 448 g/mol. The van der Waals surface area contributed by atoms with Gasteiger partial charge in [0.15, 0.2) is 0 Å². The lowest BCUT2D eigenvalue weighted by molar-refractivity contribution is -0.137. The lowest BCUT2D eigenvalue weighted by Gasteiger charge is -2.34. The highest BCUT2D eigenvalue weighted by Gasteiger charge is 2.34. The van der Waals surface area contributed by atoms with Crippen molar-refractivity contribution >= 4 is 10.0 Å². The number of benzene rings is 1. The average Bonchev–Trinajstić information content (AvgIpc) is 2.71.